The highest BCUT2D eigenvalue weighted by Crippen LogP contribution is 2.75. The predicted octanol–water partition coefficient (Wildman–Crippen LogP) is 3.76. The number of esters is 1. The molecule has 1 heterocycles. The summed E-state index contributed by atoms with van der Waals surface area (Å²) < 4.78 is 10.9. The molecule has 0 spiro atoms. The molecule has 5 N–H and O–H groups in total. The van der Waals surface area contributed by atoms with Crippen molar-refractivity contribution >= 4 is 17.7 Å². The largest absolute Gasteiger partial charge is 0.479 e. The summed E-state index contributed by atoms with van der Waals surface area (Å²) in [7, 11) is 0. The van der Waals surface area contributed by atoms with Crippen molar-refractivity contribution in [1.29, 1.82) is 0 Å². The number of allylic oxidation sites excluding steroid dienone is 2. The van der Waals surface area contributed by atoms with E-state index in [9.17, 15) is 39.9 Å². The minimum atomic E-state index is -1.88. The summed E-state index contributed by atoms with van der Waals surface area (Å²) in [5.41, 5.74) is -1.05. The Hall–Kier alpha value is -1.85. The number of ether oxygens (including phenoxy) is 2. The van der Waals surface area contributed by atoms with Gasteiger partial charge in [-0.1, -0.05) is 47.1 Å². The lowest BCUT2D eigenvalue weighted by Gasteiger charge is -2.70. The number of aliphatic hydroxyl groups excluding tert-OH is 4. The van der Waals surface area contributed by atoms with Crippen LogP contribution in [0, 0.1) is 50.2 Å². The van der Waals surface area contributed by atoms with Crippen LogP contribution in [0.25, 0.3) is 0 Å². The van der Waals surface area contributed by atoms with E-state index in [4.69, 9.17) is 9.47 Å². The lowest BCUT2D eigenvalue weighted by Crippen LogP contribution is -2.66. The van der Waals surface area contributed by atoms with Crippen LogP contribution in [0.15, 0.2) is 11.6 Å². The summed E-state index contributed by atoms with van der Waals surface area (Å²) in [4.78, 5) is 40.0. The molecule has 6 rings (SSSR count). The van der Waals surface area contributed by atoms with Crippen LogP contribution in [0.5, 0.6) is 0 Å². The summed E-state index contributed by atoms with van der Waals surface area (Å²) in [6.07, 6.45) is -0.683. The van der Waals surface area contributed by atoms with E-state index in [1.807, 2.05) is 13.0 Å². The number of rotatable bonds is 3. The number of carboxylic acids is 1. The molecule has 0 aromatic carbocycles. The lowest BCUT2D eigenvalue weighted by atomic mass is 9.33. The first-order chi connectivity index (χ1) is 21.2. The second kappa shape index (κ2) is 10.6. The maximum Gasteiger partial charge on any atom is 0.335 e. The van der Waals surface area contributed by atoms with Gasteiger partial charge in [-0.15, -0.1) is 0 Å². The minimum Gasteiger partial charge on any atom is -0.479 e. The van der Waals surface area contributed by atoms with Gasteiger partial charge in [-0.3, -0.25) is 9.59 Å². The molecule has 0 aromatic rings. The predicted molar refractivity (Wildman–Crippen MR) is 166 cm³/mol. The van der Waals surface area contributed by atoms with Gasteiger partial charge in [0.25, 0.3) is 0 Å². The maximum atomic E-state index is 14.5. The topological polar surface area (TPSA) is 171 Å². The monoisotopic (exact) mass is 646 g/mol. The van der Waals surface area contributed by atoms with Crippen molar-refractivity contribution in [3.05, 3.63) is 11.6 Å². The summed E-state index contributed by atoms with van der Waals surface area (Å²) in [6.45, 7) is 15.3. The summed E-state index contributed by atoms with van der Waals surface area (Å²) >= 11 is 0. The summed E-state index contributed by atoms with van der Waals surface area (Å²) in [6, 6.07) is 0. The molecule has 46 heavy (non-hydrogen) atoms. The first-order valence-corrected chi connectivity index (χ1v) is 17.2. The highest BCUT2D eigenvalue weighted by Gasteiger charge is 2.70. The van der Waals surface area contributed by atoms with E-state index in [0.717, 1.165) is 44.1 Å². The van der Waals surface area contributed by atoms with Crippen molar-refractivity contribution in [2.75, 3.05) is 0 Å². The van der Waals surface area contributed by atoms with Crippen LogP contribution in [-0.4, -0.2) is 80.1 Å². The lowest BCUT2D eigenvalue weighted by molar-refractivity contribution is -0.289. The molecule has 0 aromatic heterocycles. The van der Waals surface area contributed by atoms with Crippen LogP contribution >= 0.6 is 0 Å². The smallest absolute Gasteiger partial charge is 0.335 e. The van der Waals surface area contributed by atoms with Gasteiger partial charge in [0.05, 0.1) is 11.5 Å². The number of hydrogen-bond acceptors (Lipinski definition) is 9. The van der Waals surface area contributed by atoms with E-state index in [1.54, 1.807) is 0 Å². The number of carbonyl (C=O) groups excluding carboxylic acids is 2. The molecule has 1 saturated heterocycles. The summed E-state index contributed by atoms with van der Waals surface area (Å²) in [5, 5.41) is 51.2. The molecule has 1 aliphatic heterocycles. The fourth-order valence-corrected chi connectivity index (χ4v) is 11.8. The summed E-state index contributed by atoms with van der Waals surface area (Å²) in [5.74, 6) is -2.02. The average molecular weight is 647 g/mol. The highest BCUT2D eigenvalue weighted by molar-refractivity contribution is 5.95. The zero-order chi connectivity index (χ0) is 34.0. The molecule has 0 bridgehead atoms. The first-order valence-electron chi connectivity index (χ1n) is 17.2. The third-order valence-electron chi connectivity index (χ3n) is 15.1. The van der Waals surface area contributed by atoms with Gasteiger partial charge in [0.2, 0.25) is 6.29 Å². The number of ketones is 1. The van der Waals surface area contributed by atoms with Crippen LogP contribution in [0.4, 0.5) is 0 Å². The van der Waals surface area contributed by atoms with Crippen molar-refractivity contribution in [1.82, 2.24) is 0 Å². The SMILES string of the molecule is CC1(C)[C@@H](O)CC[C@]2(C)[C@H]3C(=O)C=C4[C@@H]5C[C@@](C)(C(=O)O[C@@H]6O[C@H](C(=O)O)[C@@H](O)[C@H](O)[C@H]6O)CC[C@]5(C)CC[C@@]4(C)[C@]3(C)CC[C@@H]12. The molecule has 5 fully saturated rings. The number of carboxylic acid groups (broad SMARTS) is 1. The van der Waals surface area contributed by atoms with Crippen molar-refractivity contribution in [2.45, 2.75) is 143 Å². The van der Waals surface area contributed by atoms with Crippen LogP contribution in [-0.2, 0) is 23.9 Å². The Balaban J connectivity index is 1.31. The molecule has 10 heteroatoms. The van der Waals surface area contributed by atoms with E-state index < -0.39 is 48.1 Å². The van der Waals surface area contributed by atoms with Crippen LogP contribution < -0.4 is 0 Å². The van der Waals surface area contributed by atoms with Gasteiger partial charge in [-0.05, 0) is 110 Å². The Morgan fingerprint density at radius 1 is 0.848 bits per heavy atom. The van der Waals surface area contributed by atoms with Gasteiger partial charge >= 0.3 is 11.9 Å². The van der Waals surface area contributed by atoms with Gasteiger partial charge in [0.1, 0.15) is 18.3 Å². The highest BCUT2D eigenvalue weighted by atomic mass is 16.7. The van der Waals surface area contributed by atoms with Crippen LogP contribution in [0.3, 0.4) is 0 Å². The number of aliphatic carboxylic acids is 1. The molecule has 5 aliphatic carbocycles. The van der Waals surface area contributed by atoms with E-state index >= 15 is 0 Å². The Morgan fingerprint density at radius 2 is 1.50 bits per heavy atom. The molecule has 0 unspecified atom stereocenters. The van der Waals surface area contributed by atoms with E-state index in [2.05, 4.69) is 41.5 Å². The quantitative estimate of drug-likeness (QED) is 0.285. The van der Waals surface area contributed by atoms with Crippen molar-refractivity contribution in [3.8, 4) is 0 Å². The maximum absolute atomic E-state index is 14.5. The molecular weight excluding hydrogens is 592 g/mol. The van der Waals surface area contributed by atoms with Gasteiger partial charge in [-0.2, -0.15) is 0 Å². The molecule has 14 atom stereocenters. The second-order valence-electron chi connectivity index (χ2n) is 17.8. The molecule has 0 radical (unpaired) electrons. The minimum absolute atomic E-state index is 0.0641. The molecule has 0 amide bonds. The van der Waals surface area contributed by atoms with E-state index in [1.165, 1.54) is 0 Å². The van der Waals surface area contributed by atoms with E-state index in [0.29, 0.717) is 19.3 Å². The van der Waals surface area contributed by atoms with Crippen LogP contribution in [0.1, 0.15) is 106 Å². The average Bonchev–Trinajstić information content (AvgIpc) is 2.97. The zero-order valence-electron chi connectivity index (χ0n) is 28.4. The molecule has 4 saturated carbocycles. The number of carbonyl (C=O) groups is 3. The fraction of sp³-hybridized carbons (Fsp3) is 0.861. The third kappa shape index (κ3) is 4.49. The van der Waals surface area contributed by atoms with Gasteiger partial charge in [-0.25, -0.2) is 4.79 Å². The van der Waals surface area contributed by atoms with Crippen molar-refractivity contribution in [2.24, 2.45) is 50.2 Å². The van der Waals surface area contributed by atoms with Gasteiger partial charge < -0.3 is 35.0 Å². The Labute approximate surface area is 271 Å². The Morgan fingerprint density at radius 3 is 2.15 bits per heavy atom. The Bertz CT molecular complexity index is 1340. The number of hydrogen-bond donors (Lipinski definition) is 5. The molecule has 258 valence electrons. The third-order valence-corrected chi connectivity index (χ3v) is 15.1. The standard InChI is InChI=1S/C36H54O10/c1-31(2)21-8-11-36(7)27(34(21,5)10-9-22(31)38)20(37)16-18-19-17-33(4,13-12-32(19,3)14-15-35(18,36)6)30(44)46-29-25(41)23(39)24(40)26(45-29)28(42)43/h16,19,21-27,29,38-41H,8-15,17H2,1-7H3,(H,42,43)/t19-,21-,22-,23-,24-,25+,26-,27+,29-,32+,33-,34-,35+,36+/m0/s1. The van der Waals surface area contributed by atoms with Gasteiger partial charge in [0, 0.05) is 5.92 Å². The second-order valence-corrected chi connectivity index (χ2v) is 17.8. The zero-order valence-corrected chi connectivity index (χ0v) is 28.4. The van der Waals surface area contributed by atoms with Crippen LogP contribution in [0.2, 0.25) is 0 Å². The van der Waals surface area contributed by atoms with Crippen molar-refractivity contribution < 1.29 is 49.4 Å². The molecule has 6 aliphatic rings. The van der Waals surface area contributed by atoms with Crippen molar-refractivity contribution in [3.63, 3.8) is 0 Å². The molecular formula is C36H54O10. The Kier molecular flexibility index (Phi) is 7.82. The first kappa shape index (κ1) is 34.0. The number of aliphatic hydroxyl groups is 4. The fourth-order valence-electron chi connectivity index (χ4n) is 11.8. The van der Waals surface area contributed by atoms with E-state index in [-0.39, 0.29) is 56.7 Å². The van der Waals surface area contributed by atoms with Gasteiger partial charge in [0.15, 0.2) is 11.9 Å². The normalized spacial score (nSPS) is 53.1. The number of fused-ring (bicyclic) bond motifs is 7. The molecule has 10 nitrogen and oxygen atoms in total.